The van der Waals surface area contributed by atoms with E-state index in [-0.39, 0.29) is 22.9 Å². The molecule has 24 heavy (non-hydrogen) atoms. The molecule has 0 spiro atoms. The third kappa shape index (κ3) is 4.32. The quantitative estimate of drug-likeness (QED) is 0.903. The number of amides is 2. The SMILES string of the molecule is CN(C)C(=O)[C@@H](NC(=O)Cc1c(F)cccc1Cl)c1ccccc1. The van der Waals surface area contributed by atoms with Crippen LogP contribution in [0.2, 0.25) is 5.02 Å². The average molecular weight is 349 g/mol. The molecule has 0 bridgehead atoms. The summed E-state index contributed by atoms with van der Waals surface area (Å²) in [4.78, 5) is 26.1. The Balaban J connectivity index is 2.20. The van der Waals surface area contributed by atoms with Crippen LogP contribution in [-0.4, -0.2) is 30.8 Å². The van der Waals surface area contributed by atoms with Crippen LogP contribution < -0.4 is 5.32 Å². The summed E-state index contributed by atoms with van der Waals surface area (Å²) in [5, 5.41) is 2.84. The van der Waals surface area contributed by atoms with E-state index in [1.54, 1.807) is 38.4 Å². The van der Waals surface area contributed by atoms with E-state index < -0.39 is 17.8 Å². The van der Waals surface area contributed by atoms with Crippen molar-refractivity contribution in [3.8, 4) is 0 Å². The van der Waals surface area contributed by atoms with Gasteiger partial charge in [-0.15, -0.1) is 0 Å². The molecule has 0 aliphatic rings. The largest absolute Gasteiger partial charge is 0.347 e. The van der Waals surface area contributed by atoms with Crippen molar-refractivity contribution in [3.05, 3.63) is 70.5 Å². The molecule has 2 rings (SSSR count). The Morgan fingerprint density at radius 2 is 1.79 bits per heavy atom. The summed E-state index contributed by atoms with van der Waals surface area (Å²) in [6.45, 7) is 0. The maximum absolute atomic E-state index is 13.8. The van der Waals surface area contributed by atoms with E-state index in [1.807, 2.05) is 6.07 Å². The minimum atomic E-state index is -0.834. The number of carbonyl (C=O) groups excluding carboxylic acids is 2. The Morgan fingerprint density at radius 1 is 1.12 bits per heavy atom. The molecule has 2 amide bonds. The van der Waals surface area contributed by atoms with Crippen LogP contribution in [0.4, 0.5) is 4.39 Å². The minimum absolute atomic E-state index is 0.112. The Morgan fingerprint density at radius 3 is 2.38 bits per heavy atom. The van der Waals surface area contributed by atoms with E-state index in [9.17, 15) is 14.0 Å². The molecule has 1 atom stereocenters. The highest BCUT2D eigenvalue weighted by molar-refractivity contribution is 6.31. The summed E-state index contributed by atoms with van der Waals surface area (Å²) in [6.07, 6.45) is -0.241. The maximum atomic E-state index is 13.8. The van der Waals surface area contributed by atoms with Gasteiger partial charge in [0, 0.05) is 24.7 Å². The molecule has 4 nitrogen and oxygen atoms in total. The zero-order chi connectivity index (χ0) is 17.7. The number of nitrogens with one attached hydrogen (secondary N) is 1. The number of nitrogens with zero attached hydrogens (tertiary/aromatic N) is 1. The maximum Gasteiger partial charge on any atom is 0.249 e. The van der Waals surface area contributed by atoms with Crippen LogP contribution in [0.5, 0.6) is 0 Å². The van der Waals surface area contributed by atoms with Crippen LogP contribution in [0.3, 0.4) is 0 Å². The number of halogens is 2. The first-order chi connectivity index (χ1) is 11.4. The molecular weight excluding hydrogens is 331 g/mol. The molecule has 0 unspecified atom stereocenters. The third-order valence-electron chi connectivity index (χ3n) is 3.52. The van der Waals surface area contributed by atoms with E-state index in [4.69, 9.17) is 11.6 Å². The summed E-state index contributed by atoms with van der Waals surface area (Å²) in [7, 11) is 3.22. The molecule has 0 saturated heterocycles. The lowest BCUT2D eigenvalue weighted by Crippen LogP contribution is -2.40. The second kappa shape index (κ2) is 7.93. The topological polar surface area (TPSA) is 49.4 Å². The first-order valence-electron chi connectivity index (χ1n) is 7.38. The van der Waals surface area contributed by atoms with Crippen molar-refractivity contribution in [2.75, 3.05) is 14.1 Å². The number of carbonyl (C=O) groups is 2. The van der Waals surface area contributed by atoms with Gasteiger partial charge in [-0.05, 0) is 17.7 Å². The zero-order valence-electron chi connectivity index (χ0n) is 13.4. The zero-order valence-corrected chi connectivity index (χ0v) is 14.2. The van der Waals surface area contributed by atoms with Gasteiger partial charge in [-0.2, -0.15) is 0 Å². The van der Waals surface area contributed by atoms with Crippen LogP contribution in [0.15, 0.2) is 48.5 Å². The predicted octanol–water partition coefficient (Wildman–Crippen LogP) is 2.97. The van der Waals surface area contributed by atoms with Crippen molar-refractivity contribution in [3.63, 3.8) is 0 Å². The first kappa shape index (κ1) is 17.9. The summed E-state index contributed by atoms with van der Waals surface area (Å²) in [5.74, 6) is -1.30. The molecule has 0 heterocycles. The molecule has 0 aromatic heterocycles. The fourth-order valence-corrected chi connectivity index (χ4v) is 2.49. The Labute approximate surface area is 145 Å². The Hall–Kier alpha value is -2.40. The molecule has 0 aliphatic heterocycles. The van der Waals surface area contributed by atoms with E-state index >= 15 is 0 Å². The normalized spacial score (nSPS) is 11.7. The van der Waals surface area contributed by atoms with Crippen molar-refractivity contribution in [1.82, 2.24) is 10.2 Å². The highest BCUT2D eigenvalue weighted by Gasteiger charge is 2.24. The smallest absolute Gasteiger partial charge is 0.249 e. The van der Waals surface area contributed by atoms with Crippen molar-refractivity contribution >= 4 is 23.4 Å². The van der Waals surface area contributed by atoms with Crippen molar-refractivity contribution in [1.29, 1.82) is 0 Å². The van der Waals surface area contributed by atoms with Gasteiger partial charge in [0.1, 0.15) is 11.9 Å². The highest BCUT2D eigenvalue weighted by atomic mass is 35.5. The van der Waals surface area contributed by atoms with Crippen molar-refractivity contribution in [2.24, 2.45) is 0 Å². The number of likely N-dealkylation sites (N-methyl/N-ethyl adjacent to an activating group) is 1. The van der Waals surface area contributed by atoms with Crippen LogP contribution in [0, 0.1) is 5.82 Å². The molecule has 0 aliphatic carbocycles. The molecule has 0 radical (unpaired) electrons. The summed E-state index contributed by atoms with van der Waals surface area (Å²) >= 11 is 5.94. The van der Waals surface area contributed by atoms with Gasteiger partial charge < -0.3 is 10.2 Å². The van der Waals surface area contributed by atoms with Crippen molar-refractivity contribution < 1.29 is 14.0 Å². The number of benzene rings is 2. The minimum Gasteiger partial charge on any atom is -0.347 e. The van der Waals surface area contributed by atoms with Gasteiger partial charge in [-0.1, -0.05) is 48.0 Å². The lowest BCUT2D eigenvalue weighted by molar-refractivity contribution is -0.134. The molecule has 126 valence electrons. The molecule has 6 heteroatoms. The standard InChI is InChI=1S/C18H18ClFN2O2/c1-22(2)18(24)17(12-7-4-3-5-8-12)21-16(23)11-13-14(19)9-6-10-15(13)20/h3-10,17H,11H2,1-2H3,(H,21,23)/t17-/m0/s1. The Bertz CT molecular complexity index is 715. The molecule has 2 aromatic rings. The lowest BCUT2D eigenvalue weighted by Gasteiger charge is -2.22. The second-order valence-corrected chi connectivity index (χ2v) is 5.93. The van der Waals surface area contributed by atoms with E-state index in [0.29, 0.717) is 5.56 Å². The fourth-order valence-electron chi connectivity index (χ4n) is 2.27. The van der Waals surface area contributed by atoms with Gasteiger partial charge >= 0.3 is 0 Å². The summed E-state index contributed by atoms with van der Waals surface area (Å²) in [5.41, 5.74) is 0.768. The van der Waals surface area contributed by atoms with Gasteiger partial charge in [-0.3, -0.25) is 9.59 Å². The molecule has 0 fully saturated rings. The van der Waals surface area contributed by atoms with Gasteiger partial charge in [0.2, 0.25) is 11.8 Å². The van der Waals surface area contributed by atoms with E-state index in [0.717, 1.165) is 0 Å². The molecule has 0 saturated carbocycles. The summed E-state index contributed by atoms with van der Waals surface area (Å²) < 4.78 is 13.8. The van der Waals surface area contributed by atoms with Crippen LogP contribution >= 0.6 is 11.6 Å². The highest BCUT2D eigenvalue weighted by Crippen LogP contribution is 2.20. The van der Waals surface area contributed by atoms with Crippen LogP contribution in [0.25, 0.3) is 0 Å². The fraction of sp³-hybridized carbons (Fsp3) is 0.222. The van der Waals surface area contributed by atoms with Gasteiger partial charge in [0.25, 0.3) is 0 Å². The van der Waals surface area contributed by atoms with Gasteiger partial charge in [0.05, 0.1) is 6.42 Å². The van der Waals surface area contributed by atoms with E-state index in [2.05, 4.69) is 5.32 Å². The van der Waals surface area contributed by atoms with Crippen LogP contribution in [-0.2, 0) is 16.0 Å². The Kier molecular flexibility index (Phi) is 5.93. The van der Waals surface area contributed by atoms with Crippen molar-refractivity contribution in [2.45, 2.75) is 12.5 Å². The third-order valence-corrected chi connectivity index (χ3v) is 3.88. The predicted molar refractivity (Wildman–Crippen MR) is 91.1 cm³/mol. The monoisotopic (exact) mass is 348 g/mol. The second-order valence-electron chi connectivity index (χ2n) is 5.52. The first-order valence-corrected chi connectivity index (χ1v) is 7.76. The van der Waals surface area contributed by atoms with Crippen LogP contribution in [0.1, 0.15) is 17.2 Å². The van der Waals surface area contributed by atoms with E-state index in [1.165, 1.54) is 23.1 Å². The average Bonchev–Trinajstić information content (AvgIpc) is 2.56. The molecule has 2 aromatic carbocycles. The van der Waals surface area contributed by atoms with Gasteiger partial charge in [0.15, 0.2) is 0 Å². The lowest BCUT2D eigenvalue weighted by atomic mass is 10.0. The summed E-state index contributed by atoms with van der Waals surface area (Å²) in [6, 6.07) is 12.3. The molecular formula is C18H18ClFN2O2. The number of hydrogen-bond acceptors (Lipinski definition) is 2. The van der Waals surface area contributed by atoms with Gasteiger partial charge in [-0.25, -0.2) is 4.39 Å². The molecule has 1 N–H and O–H groups in total. The number of rotatable bonds is 5. The number of hydrogen-bond donors (Lipinski definition) is 1.